The normalized spacial score (nSPS) is 14.0. The van der Waals surface area contributed by atoms with Crippen LogP contribution in [0, 0.1) is 0 Å². The van der Waals surface area contributed by atoms with E-state index in [0.717, 1.165) is 6.42 Å². The molecule has 2 N–H and O–H groups in total. The number of carbonyl (C=O) groups is 1. The maximum Gasteiger partial charge on any atom is 0.354 e. The van der Waals surface area contributed by atoms with Gasteiger partial charge in [0.15, 0.2) is 5.69 Å². The molecule has 2 unspecified atom stereocenters. The van der Waals surface area contributed by atoms with Crippen molar-refractivity contribution >= 4 is 22.6 Å². The maximum absolute atomic E-state index is 10.9. The average Bonchev–Trinajstić information content (AvgIpc) is 2.26. The Morgan fingerprint density at radius 3 is 2.88 bits per heavy atom. The predicted octanol–water partition coefficient (Wildman–Crippen LogP) is 1.35. The summed E-state index contributed by atoms with van der Waals surface area (Å²) in [5.41, 5.74) is 0.0151. The van der Waals surface area contributed by atoms with Gasteiger partial charge in [0.1, 0.15) is 5.82 Å². The second-order valence-corrected chi connectivity index (χ2v) is 5.38. The average molecular weight is 256 g/mol. The van der Waals surface area contributed by atoms with Crippen molar-refractivity contribution in [1.29, 1.82) is 0 Å². The van der Waals surface area contributed by atoms with E-state index in [2.05, 4.69) is 10.3 Å². The van der Waals surface area contributed by atoms with Crippen LogP contribution >= 0.6 is 0 Å². The van der Waals surface area contributed by atoms with E-state index in [1.54, 1.807) is 18.4 Å². The quantitative estimate of drug-likeness (QED) is 0.803. The first-order chi connectivity index (χ1) is 7.99. The van der Waals surface area contributed by atoms with Crippen molar-refractivity contribution in [3.8, 4) is 0 Å². The first kappa shape index (κ1) is 13.6. The molecule has 1 heterocycles. The smallest absolute Gasteiger partial charge is 0.354 e. The summed E-state index contributed by atoms with van der Waals surface area (Å²) in [6.45, 7) is 1.95. The first-order valence-electron chi connectivity index (χ1n) is 5.26. The number of aromatic nitrogens is 1. The number of anilines is 1. The minimum atomic E-state index is -1.05. The summed E-state index contributed by atoms with van der Waals surface area (Å²) < 4.78 is 10.9. The molecule has 0 saturated heterocycles. The molecule has 0 saturated carbocycles. The highest BCUT2D eigenvalue weighted by Crippen LogP contribution is 2.08. The Bertz CT molecular complexity index is 423. The van der Waals surface area contributed by atoms with Gasteiger partial charge in [0.25, 0.3) is 0 Å². The van der Waals surface area contributed by atoms with Crippen molar-refractivity contribution in [3.05, 3.63) is 23.9 Å². The molecule has 0 bridgehead atoms. The van der Waals surface area contributed by atoms with Crippen molar-refractivity contribution < 1.29 is 14.1 Å². The van der Waals surface area contributed by atoms with Crippen LogP contribution in [0.2, 0.25) is 0 Å². The Morgan fingerprint density at radius 2 is 2.29 bits per heavy atom. The lowest BCUT2D eigenvalue weighted by atomic mass is 10.2. The van der Waals surface area contributed by atoms with Crippen molar-refractivity contribution in [2.45, 2.75) is 19.4 Å². The third-order valence-electron chi connectivity index (χ3n) is 2.20. The zero-order valence-electron chi connectivity index (χ0n) is 9.84. The number of aromatic carboxylic acids is 1. The van der Waals surface area contributed by atoms with Gasteiger partial charge in [-0.3, -0.25) is 4.21 Å². The largest absolute Gasteiger partial charge is 0.477 e. The Kier molecular flexibility index (Phi) is 5.09. The Labute approximate surface area is 103 Å². The monoisotopic (exact) mass is 256 g/mol. The lowest BCUT2D eigenvalue weighted by Crippen LogP contribution is -2.19. The molecule has 0 amide bonds. The van der Waals surface area contributed by atoms with Crippen LogP contribution < -0.4 is 5.32 Å². The standard InChI is InChI=1S/C11H16N2O3S/c1-8(6-7-17(2)16)12-10-5-3-4-9(13-10)11(14)15/h3-5,8H,6-7H2,1-2H3,(H,12,13)(H,14,15). The molecule has 2 atom stereocenters. The minimum absolute atomic E-state index is 0.0151. The van der Waals surface area contributed by atoms with E-state index in [0.29, 0.717) is 11.6 Å². The van der Waals surface area contributed by atoms with Gasteiger partial charge in [0, 0.05) is 28.9 Å². The highest BCUT2D eigenvalue weighted by atomic mass is 32.2. The van der Waals surface area contributed by atoms with Crippen molar-refractivity contribution in [3.63, 3.8) is 0 Å². The van der Waals surface area contributed by atoms with Gasteiger partial charge in [-0.25, -0.2) is 9.78 Å². The summed E-state index contributed by atoms with van der Waals surface area (Å²) in [6.07, 6.45) is 2.41. The van der Waals surface area contributed by atoms with E-state index >= 15 is 0 Å². The predicted molar refractivity (Wildman–Crippen MR) is 67.8 cm³/mol. The third-order valence-corrected chi connectivity index (χ3v) is 3.01. The number of nitrogens with one attached hydrogen (secondary N) is 1. The van der Waals surface area contributed by atoms with Gasteiger partial charge in [0.05, 0.1) is 0 Å². The van der Waals surface area contributed by atoms with Gasteiger partial charge in [-0.15, -0.1) is 0 Å². The van der Waals surface area contributed by atoms with Crippen LogP contribution in [0.15, 0.2) is 18.2 Å². The van der Waals surface area contributed by atoms with Crippen LogP contribution in [0.4, 0.5) is 5.82 Å². The molecule has 0 aliphatic rings. The van der Waals surface area contributed by atoms with E-state index in [4.69, 9.17) is 5.11 Å². The molecule has 6 heteroatoms. The van der Waals surface area contributed by atoms with Gasteiger partial charge in [-0.05, 0) is 25.5 Å². The first-order valence-corrected chi connectivity index (χ1v) is 6.98. The Hall–Kier alpha value is -1.43. The number of carboxylic acid groups (broad SMARTS) is 1. The molecule has 94 valence electrons. The fraction of sp³-hybridized carbons (Fsp3) is 0.455. The van der Waals surface area contributed by atoms with Crippen LogP contribution in [0.5, 0.6) is 0 Å². The topological polar surface area (TPSA) is 79.3 Å². The zero-order valence-corrected chi connectivity index (χ0v) is 10.7. The van der Waals surface area contributed by atoms with E-state index in [9.17, 15) is 9.00 Å². The van der Waals surface area contributed by atoms with Crippen molar-refractivity contribution in [1.82, 2.24) is 4.98 Å². The summed E-state index contributed by atoms with van der Waals surface area (Å²) in [5, 5.41) is 11.9. The van der Waals surface area contributed by atoms with Crippen LogP contribution in [0.1, 0.15) is 23.8 Å². The molecule has 0 aliphatic carbocycles. The lowest BCUT2D eigenvalue weighted by Gasteiger charge is -2.13. The van der Waals surface area contributed by atoms with Crippen molar-refractivity contribution in [2.24, 2.45) is 0 Å². The SMILES string of the molecule is CC(CCS(C)=O)Nc1cccc(C(=O)O)n1. The molecular formula is C11H16N2O3S. The van der Waals surface area contributed by atoms with Gasteiger partial charge >= 0.3 is 5.97 Å². The van der Waals surface area contributed by atoms with Crippen molar-refractivity contribution in [2.75, 3.05) is 17.3 Å². The fourth-order valence-corrected chi connectivity index (χ4v) is 1.99. The van der Waals surface area contributed by atoms with Crippen LogP contribution in [-0.2, 0) is 10.8 Å². The van der Waals surface area contributed by atoms with E-state index in [1.807, 2.05) is 6.92 Å². The van der Waals surface area contributed by atoms with E-state index < -0.39 is 16.8 Å². The number of pyridine rings is 1. The van der Waals surface area contributed by atoms with E-state index in [-0.39, 0.29) is 11.7 Å². The summed E-state index contributed by atoms with van der Waals surface area (Å²) in [4.78, 5) is 14.7. The highest BCUT2D eigenvalue weighted by Gasteiger charge is 2.07. The summed E-state index contributed by atoms with van der Waals surface area (Å²) in [6, 6.07) is 4.91. The molecule has 0 spiro atoms. The molecule has 0 radical (unpaired) electrons. The highest BCUT2D eigenvalue weighted by molar-refractivity contribution is 7.84. The second-order valence-electron chi connectivity index (χ2n) is 3.82. The molecule has 0 fully saturated rings. The molecular weight excluding hydrogens is 240 g/mol. The fourth-order valence-electron chi connectivity index (χ4n) is 1.30. The maximum atomic E-state index is 10.9. The molecule has 1 aromatic heterocycles. The van der Waals surface area contributed by atoms with E-state index in [1.165, 1.54) is 6.07 Å². The van der Waals surface area contributed by atoms with Gasteiger partial charge in [0.2, 0.25) is 0 Å². The molecule has 5 nitrogen and oxygen atoms in total. The van der Waals surface area contributed by atoms with Crippen LogP contribution in [0.25, 0.3) is 0 Å². The van der Waals surface area contributed by atoms with Gasteiger partial charge < -0.3 is 10.4 Å². The zero-order chi connectivity index (χ0) is 12.8. The van der Waals surface area contributed by atoms with Crippen LogP contribution in [0.3, 0.4) is 0 Å². The summed E-state index contributed by atoms with van der Waals surface area (Å²) in [5.74, 6) is 0.0996. The lowest BCUT2D eigenvalue weighted by molar-refractivity contribution is 0.0690. The molecule has 17 heavy (non-hydrogen) atoms. The molecule has 0 aromatic carbocycles. The molecule has 1 aromatic rings. The number of nitrogens with zero attached hydrogens (tertiary/aromatic N) is 1. The number of rotatable bonds is 6. The van der Waals surface area contributed by atoms with Crippen LogP contribution in [-0.4, -0.2) is 38.3 Å². The number of hydrogen-bond donors (Lipinski definition) is 2. The third kappa shape index (κ3) is 4.95. The molecule has 0 aliphatic heterocycles. The Balaban J connectivity index is 2.58. The summed E-state index contributed by atoms with van der Waals surface area (Å²) >= 11 is 0. The van der Waals surface area contributed by atoms with Gasteiger partial charge in [-0.1, -0.05) is 6.07 Å². The second kappa shape index (κ2) is 6.34. The number of carboxylic acids is 1. The number of hydrogen-bond acceptors (Lipinski definition) is 4. The Morgan fingerprint density at radius 1 is 1.59 bits per heavy atom. The van der Waals surface area contributed by atoms with Gasteiger partial charge in [-0.2, -0.15) is 0 Å². The minimum Gasteiger partial charge on any atom is -0.477 e. The summed E-state index contributed by atoms with van der Waals surface area (Å²) in [7, 11) is -0.810. The molecule has 1 rings (SSSR count).